The zero-order valence-corrected chi connectivity index (χ0v) is 24.2. The number of nitrogens with one attached hydrogen (secondary N) is 2. The van der Waals surface area contributed by atoms with Crippen molar-refractivity contribution in [2.45, 2.75) is 32.0 Å². The highest BCUT2D eigenvalue weighted by atomic mass is 35.5. The van der Waals surface area contributed by atoms with Crippen molar-refractivity contribution < 1.29 is 14.3 Å². The average molecular weight is 594 g/mol. The lowest BCUT2D eigenvalue weighted by atomic mass is 9.98. The van der Waals surface area contributed by atoms with Crippen LogP contribution in [0.4, 0.5) is 0 Å². The van der Waals surface area contributed by atoms with Gasteiger partial charge in [-0.05, 0) is 12.5 Å². The Morgan fingerprint density at radius 1 is 0.927 bits per heavy atom. The number of aromatic nitrogens is 3. The number of benzene rings is 2. The molecule has 0 aliphatic carbocycles. The van der Waals surface area contributed by atoms with Crippen molar-refractivity contribution in [1.29, 1.82) is 0 Å². The Morgan fingerprint density at radius 3 is 2.17 bits per heavy atom. The smallest absolute Gasteiger partial charge is 0.237 e. The maximum atomic E-state index is 11.4. The summed E-state index contributed by atoms with van der Waals surface area (Å²) in [6.07, 6.45) is 3.06. The predicted molar refractivity (Wildman–Crippen MR) is 160 cm³/mol. The first-order valence-corrected chi connectivity index (χ1v) is 13.9. The normalized spacial score (nSPS) is 14.7. The van der Waals surface area contributed by atoms with Crippen LogP contribution in [0.25, 0.3) is 33.6 Å². The molecule has 1 fully saturated rings. The van der Waals surface area contributed by atoms with Crippen LogP contribution in [0.5, 0.6) is 11.8 Å². The van der Waals surface area contributed by atoms with Gasteiger partial charge in [0.05, 0.1) is 41.8 Å². The van der Waals surface area contributed by atoms with Gasteiger partial charge in [-0.3, -0.25) is 9.78 Å². The summed E-state index contributed by atoms with van der Waals surface area (Å²) in [5.41, 5.74) is 11.4. The van der Waals surface area contributed by atoms with Gasteiger partial charge < -0.3 is 25.8 Å². The van der Waals surface area contributed by atoms with Crippen molar-refractivity contribution in [3.8, 4) is 45.4 Å². The van der Waals surface area contributed by atoms with E-state index in [4.69, 9.17) is 43.4 Å². The molecule has 4 N–H and O–H groups in total. The number of methoxy groups -OCH3 is 2. The van der Waals surface area contributed by atoms with Gasteiger partial charge in [-0.2, -0.15) is 0 Å². The molecule has 0 unspecified atom stereocenters. The first-order valence-electron chi connectivity index (χ1n) is 13.2. The molecule has 1 atom stereocenters. The minimum Gasteiger partial charge on any atom is -0.481 e. The van der Waals surface area contributed by atoms with E-state index in [2.05, 4.69) is 20.6 Å². The third-order valence-electron chi connectivity index (χ3n) is 6.96. The fraction of sp³-hybridized carbons (Fsp3) is 0.267. The maximum Gasteiger partial charge on any atom is 0.237 e. The number of hydrogen-bond acceptors (Lipinski definition) is 8. The highest BCUT2D eigenvalue weighted by molar-refractivity contribution is 6.39. The lowest BCUT2D eigenvalue weighted by Crippen LogP contribution is -2.35. The number of nitrogens with two attached hydrogens (primary N) is 1. The van der Waals surface area contributed by atoms with Crippen molar-refractivity contribution in [2.24, 2.45) is 5.73 Å². The molecule has 3 heterocycles. The topological polar surface area (TPSA) is 124 Å². The van der Waals surface area contributed by atoms with E-state index in [0.717, 1.165) is 28.7 Å². The van der Waals surface area contributed by atoms with Gasteiger partial charge in [0.1, 0.15) is 5.69 Å². The van der Waals surface area contributed by atoms with E-state index in [1.807, 2.05) is 48.5 Å². The molecule has 2 aromatic heterocycles. The van der Waals surface area contributed by atoms with Crippen LogP contribution in [-0.2, 0) is 17.9 Å². The van der Waals surface area contributed by atoms with Gasteiger partial charge in [-0.25, -0.2) is 9.97 Å². The van der Waals surface area contributed by atoms with Crippen LogP contribution in [0.15, 0.2) is 54.7 Å². The van der Waals surface area contributed by atoms with Crippen molar-refractivity contribution >= 4 is 29.1 Å². The standard InChI is InChI=1S/C30H30Cl2N6O3/c1-40-29-17(13-33)9-11-23(37-29)21-7-3-5-19(27(21)31)20-6-4-8-22(28(20)32)24-16-35-25(30(38-24)41-2)15-34-14-18-10-12-26(39)36-18/h3-9,11,16,18,34H,10,12-15,33H2,1-2H3,(H,36,39)/t18-/m0/s1. The molecule has 1 aliphatic rings. The number of nitrogens with zero attached hydrogens (tertiary/aromatic N) is 3. The second kappa shape index (κ2) is 12.8. The molecule has 0 spiro atoms. The van der Waals surface area contributed by atoms with Crippen LogP contribution < -0.4 is 25.8 Å². The van der Waals surface area contributed by atoms with E-state index in [0.29, 0.717) is 70.5 Å². The molecule has 4 aromatic rings. The number of amides is 1. The molecule has 0 bridgehead atoms. The summed E-state index contributed by atoms with van der Waals surface area (Å²) >= 11 is 13.9. The molecule has 1 aliphatic heterocycles. The fourth-order valence-electron chi connectivity index (χ4n) is 4.83. The average Bonchev–Trinajstić information content (AvgIpc) is 3.42. The summed E-state index contributed by atoms with van der Waals surface area (Å²) < 4.78 is 11.0. The molecule has 41 heavy (non-hydrogen) atoms. The van der Waals surface area contributed by atoms with Crippen LogP contribution in [0.2, 0.25) is 10.0 Å². The van der Waals surface area contributed by atoms with E-state index in [1.165, 1.54) is 0 Å². The van der Waals surface area contributed by atoms with Crippen molar-refractivity contribution in [1.82, 2.24) is 25.6 Å². The van der Waals surface area contributed by atoms with Gasteiger partial charge in [-0.15, -0.1) is 0 Å². The number of halogens is 2. The number of pyridine rings is 1. The van der Waals surface area contributed by atoms with E-state index in [-0.39, 0.29) is 11.9 Å². The Kier molecular flexibility index (Phi) is 8.99. The molecule has 9 nitrogen and oxygen atoms in total. The molecule has 11 heteroatoms. The molecule has 212 valence electrons. The fourth-order valence-corrected chi connectivity index (χ4v) is 5.48. The Morgan fingerprint density at radius 2 is 1.56 bits per heavy atom. The number of ether oxygens (including phenoxy) is 2. The Labute approximate surface area is 248 Å². The summed E-state index contributed by atoms with van der Waals surface area (Å²) in [6.45, 7) is 1.41. The third kappa shape index (κ3) is 6.13. The highest BCUT2D eigenvalue weighted by Crippen LogP contribution is 2.42. The molecule has 0 saturated carbocycles. The summed E-state index contributed by atoms with van der Waals surface area (Å²) in [5.74, 6) is 0.944. The number of carbonyl (C=O) groups excluding carboxylic acids is 1. The lowest BCUT2D eigenvalue weighted by molar-refractivity contribution is -0.119. The van der Waals surface area contributed by atoms with E-state index in [1.54, 1.807) is 20.4 Å². The molecular weight excluding hydrogens is 563 g/mol. The van der Waals surface area contributed by atoms with Crippen molar-refractivity contribution in [2.75, 3.05) is 20.8 Å². The van der Waals surface area contributed by atoms with E-state index < -0.39 is 0 Å². The number of carbonyl (C=O) groups is 1. The van der Waals surface area contributed by atoms with Crippen molar-refractivity contribution in [3.05, 3.63) is 76.0 Å². The monoisotopic (exact) mass is 592 g/mol. The minimum absolute atomic E-state index is 0.0868. The quantitative estimate of drug-likeness (QED) is 0.234. The van der Waals surface area contributed by atoms with Crippen LogP contribution in [0.3, 0.4) is 0 Å². The van der Waals surface area contributed by atoms with Gasteiger partial charge in [0, 0.05) is 59.9 Å². The molecule has 1 amide bonds. The summed E-state index contributed by atoms with van der Waals surface area (Å²) in [5, 5.41) is 7.25. The Balaban J connectivity index is 1.43. The highest BCUT2D eigenvalue weighted by Gasteiger charge is 2.21. The van der Waals surface area contributed by atoms with Gasteiger partial charge in [-0.1, -0.05) is 65.7 Å². The van der Waals surface area contributed by atoms with Crippen LogP contribution in [0.1, 0.15) is 24.1 Å². The number of rotatable bonds is 10. The molecule has 0 radical (unpaired) electrons. The molecule has 2 aromatic carbocycles. The van der Waals surface area contributed by atoms with Gasteiger partial charge in [0.2, 0.25) is 17.7 Å². The number of hydrogen-bond donors (Lipinski definition) is 3. The predicted octanol–water partition coefficient (Wildman–Crippen LogP) is 5.02. The lowest BCUT2D eigenvalue weighted by Gasteiger charge is -2.15. The van der Waals surface area contributed by atoms with E-state index >= 15 is 0 Å². The Hall–Kier alpha value is -3.76. The first-order chi connectivity index (χ1) is 19.9. The molecule has 1 saturated heterocycles. The maximum absolute atomic E-state index is 11.4. The molecule has 5 rings (SSSR count). The van der Waals surface area contributed by atoms with E-state index in [9.17, 15) is 4.79 Å². The first kappa shape index (κ1) is 28.8. The third-order valence-corrected chi connectivity index (χ3v) is 7.78. The zero-order chi connectivity index (χ0) is 28.9. The Bertz CT molecular complexity index is 1580. The van der Waals surface area contributed by atoms with Gasteiger partial charge in [0.15, 0.2) is 0 Å². The van der Waals surface area contributed by atoms with Gasteiger partial charge in [0.25, 0.3) is 0 Å². The second-order valence-corrected chi connectivity index (χ2v) is 10.3. The summed E-state index contributed by atoms with van der Waals surface area (Å²) in [7, 11) is 3.12. The molecular formula is C30H30Cl2N6O3. The SMILES string of the molecule is COc1nc(-c2cccc(-c3cccc(-c4cnc(CNC[C@@H]5CCC(=O)N5)c(OC)n4)c3Cl)c2Cl)ccc1CN. The summed E-state index contributed by atoms with van der Waals surface area (Å²) in [4.78, 5) is 25.3. The van der Waals surface area contributed by atoms with Crippen molar-refractivity contribution in [3.63, 3.8) is 0 Å². The van der Waals surface area contributed by atoms with Gasteiger partial charge >= 0.3 is 0 Å². The minimum atomic E-state index is 0.0868. The summed E-state index contributed by atoms with van der Waals surface area (Å²) in [6, 6.07) is 15.3. The van der Waals surface area contributed by atoms with Crippen LogP contribution in [0, 0.1) is 0 Å². The second-order valence-electron chi connectivity index (χ2n) is 9.55. The largest absolute Gasteiger partial charge is 0.481 e. The zero-order valence-electron chi connectivity index (χ0n) is 22.7. The van der Waals surface area contributed by atoms with Crippen LogP contribution in [-0.4, -0.2) is 47.7 Å². The van der Waals surface area contributed by atoms with Crippen LogP contribution >= 0.6 is 23.2 Å².